The summed E-state index contributed by atoms with van der Waals surface area (Å²) in [5.41, 5.74) is 0.344. The van der Waals surface area contributed by atoms with Gasteiger partial charge in [-0.25, -0.2) is 4.79 Å². The van der Waals surface area contributed by atoms with Crippen LogP contribution in [0.15, 0.2) is 0 Å². The summed E-state index contributed by atoms with van der Waals surface area (Å²) in [4.78, 5) is 13.7. The quantitative estimate of drug-likeness (QED) is 0.818. The molecule has 1 amide bonds. The lowest BCUT2D eigenvalue weighted by molar-refractivity contribution is 0.102. The fourth-order valence-corrected chi connectivity index (χ4v) is 2.71. The lowest BCUT2D eigenvalue weighted by Gasteiger charge is -2.22. The predicted molar refractivity (Wildman–Crippen MR) is 66.9 cm³/mol. The molecule has 98 valence electrons. The van der Waals surface area contributed by atoms with Gasteiger partial charge in [-0.05, 0) is 31.7 Å². The van der Waals surface area contributed by atoms with Gasteiger partial charge in [-0.15, -0.1) is 0 Å². The second-order valence-electron chi connectivity index (χ2n) is 5.90. The topological polar surface area (TPSA) is 41.6 Å². The number of nitrogens with one attached hydrogen (secondary N) is 1. The molecule has 0 aliphatic carbocycles. The highest BCUT2D eigenvalue weighted by Gasteiger charge is 2.42. The van der Waals surface area contributed by atoms with Crippen LogP contribution in [0.2, 0.25) is 0 Å². The first kappa shape index (κ1) is 12.7. The maximum atomic E-state index is 11.9. The molecule has 1 spiro atoms. The third kappa shape index (κ3) is 3.12. The summed E-state index contributed by atoms with van der Waals surface area (Å²) < 4.78 is 5.31. The first-order valence-corrected chi connectivity index (χ1v) is 6.74. The van der Waals surface area contributed by atoms with E-state index in [1.165, 1.54) is 6.42 Å². The molecular weight excluding hydrogens is 216 g/mol. The van der Waals surface area contributed by atoms with Crippen molar-refractivity contribution in [1.82, 2.24) is 10.2 Å². The molecule has 1 N–H and O–H groups in total. The van der Waals surface area contributed by atoms with Crippen LogP contribution in [0.4, 0.5) is 4.79 Å². The SMILES string of the molecule is CC(C)CCOC(=O)N1CCC2(CCNC2)C1. The third-order valence-electron chi connectivity index (χ3n) is 3.95. The monoisotopic (exact) mass is 240 g/mol. The van der Waals surface area contributed by atoms with Crippen molar-refractivity contribution in [2.45, 2.75) is 33.1 Å². The van der Waals surface area contributed by atoms with Gasteiger partial charge in [0.25, 0.3) is 0 Å². The van der Waals surface area contributed by atoms with Gasteiger partial charge < -0.3 is 15.0 Å². The Balaban J connectivity index is 1.74. The van der Waals surface area contributed by atoms with Crippen LogP contribution in [0.3, 0.4) is 0 Å². The van der Waals surface area contributed by atoms with Crippen LogP contribution in [0.5, 0.6) is 0 Å². The van der Waals surface area contributed by atoms with E-state index in [0.29, 0.717) is 17.9 Å². The van der Waals surface area contributed by atoms with Crippen LogP contribution >= 0.6 is 0 Å². The second-order valence-corrected chi connectivity index (χ2v) is 5.90. The van der Waals surface area contributed by atoms with E-state index in [2.05, 4.69) is 19.2 Å². The molecule has 2 aliphatic rings. The summed E-state index contributed by atoms with van der Waals surface area (Å²) in [5.74, 6) is 0.590. The van der Waals surface area contributed by atoms with E-state index in [1.807, 2.05) is 4.90 Å². The minimum absolute atomic E-state index is 0.116. The van der Waals surface area contributed by atoms with Crippen molar-refractivity contribution in [2.24, 2.45) is 11.3 Å². The number of carbonyl (C=O) groups excluding carboxylic acids is 1. The Labute approximate surface area is 104 Å². The van der Waals surface area contributed by atoms with Crippen LogP contribution in [-0.2, 0) is 4.74 Å². The molecule has 0 aromatic rings. The number of hydrogen-bond acceptors (Lipinski definition) is 3. The zero-order valence-electron chi connectivity index (χ0n) is 11.0. The summed E-state index contributed by atoms with van der Waals surface area (Å²) in [6.45, 7) is 8.73. The van der Waals surface area contributed by atoms with Crippen molar-refractivity contribution in [3.63, 3.8) is 0 Å². The van der Waals surface area contributed by atoms with Crippen LogP contribution < -0.4 is 5.32 Å². The van der Waals surface area contributed by atoms with E-state index in [1.54, 1.807) is 0 Å². The molecular formula is C13H24N2O2. The number of carbonyl (C=O) groups is 1. The Morgan fingerprint density at radius 1 is 1.47 bits per heavy atom. The van der Waals surface area contributed by atoms with E-state index in [0.717, 1.165) is 39.0 Å². The Morgan fingerprint density at radius 3 is 2.94 bits per heavy atom. The summed E-state index contributed by atoms with van der Waals surface area (Å²) in [5, 5.41) is 3.39. The van der Waals surface area contributed by atoms with Crippen molar-refractivity contribution in [3.05, 3.63) is 0 Å². The number of nitrogens with zero attached hydrogens (tertiary/aromatic N) is 1. The molecule has 0 radical (unpaired) electrons. The molecule has 4 nitrogen and oxygen atoms in total. The molecule has 2 aliphatic heterocycles. The Hall–Kier alpha value is -0.770. The Morgan fingerprint density at radius 2 is 2.29 bits per heavy atom. The van der Waals surface area contributed by atoms with Gasteiger partial charge in [0, 0.05) is 25.0 Å². The number of likely N-dealkylation sites (tertiary alicyclic amines) is 1. The van der Waals surface area contributed by atoms with Crippen molar-refractivity contribution in [3.8, 4) is 0 Å². The van der Waals surface area contributed by atoms with Gasteiger partial charge in [0.05, 0.1) is 6.61 Å². The first-order valence-electron chi connectivity index (χ1n) is 6.74. The molecule has 0 bridgehead atoms. The Bertz CT molecular complexity index is 273. The molecule has 0 aromatic heterocycles. The van der Waals surface area contributed by atoms with E-state index in [9.17, 15) is 4.79 Å². The number of rotatable bonds is 3. The maximum absolute atomic E-state index is 11.9. The molecule has 17 heavy (non-hydrogen) atoms. The minimum atomic E-state index is -0.116. The molecule has 2 heterocycles. The third-order valence-corrected chi connectivity index (χ3v) is 3.95. The fourth-order valence-electron chi connectivity index (χ4n) is 2.71. The smallest absolute Gasteiger partial charge is 0.409 e. The highest BCUT2D eigenvalue weighted by molar-refractivity contribution is 5.68. The average molecular weight is 240 g/mol. The number of amides is 1. The van der Waals surface area contributed by atoms with E-state index in [4.69, 9.17) is 4.74 Å². The zero-order chi connectivity index (χ0) is 12.3. The van der Waals surface area contributed by atoms with Gasteiger partial charge >= 0.3 is 6.09 Å². The molecule has 0 aromatic carbocycles. The van der Waals surface area contributed by atoms with Gasteiger partial charge in [0.1, 0.15) is 0 Å². The van der Waals surface area contributed by atoms with Crippen LogP contribution in [-0.4, -0.2) is 43.8 Å². The van der Waals surface area contributed by atoms with Gasteiger partial charge in [-0.1, -0.05) is 13.8 Å². The molecule has 1 atom stereocenters. The Kier molecular flexibility index (Phi) is 3.92. The number of ether oxygens (including phenoxy) is 1. The fraction of sp³-hybridized carbons (Fsp3) is 0.923. The average Bonchev–Trinajstić information content (AvgIpc) is 2.89. The van der Waals surface area contributed by atoms with Gasteiger partial charge in [0.2, 0.25) is 0 Å². The predicted octanol–water partition coefficient (Wildman–Crippen LogP) is 1.85. The zero-order valence-corrected chi connectivity index (χ0v) is 11.0. The van der Waals surface area contributed by atoms with Crippen molar-refractivity contribution >= 4 is 6.09 Å². The van der Waals surface area contributed by atoms with Crippen LogP contribution in [0.1, 0.15) is 33.1 Å². The van der Waals surface area contributed by atoms with E-state index in [-0.39, 0.29) is 6.09 Å². The lowest BCUT2D eigenvalue weighted by atomic mass is 9.87. The first-order chi connectivity index (χ1) is 8.11. The highest BCUT2D eigenvalue weighted by Crippen LogP contribution is 2.36. The summed E-state index contributed by atoms with van der Waals surface area (Å²) >= 11 is 0. The maximum Gasteiger partial charge on any atom is 0.409 e. The molecule has 2 fully saturated rings. The molecule has 1 unspecified atom stereocenters. The molecule has 4 heteroatoms. The van der Waals surface area contributed by atoms with E-state index >= 15 is 0 Å². The van der Waals surface area contributed by atoms with E-state index < -0.39 is 0 Å². The summed E-state index contributed by atoms with van der Waals surface area (Å²) in [6, 6.07) is 0. The second kappa shape index (κ2) is 5.25. The van der Waals surface area contributed by atoms with Gasteiger partial charge in [-0.3, -0.25) is 0 Å². The summed E-state index contributed by atoms with van der Waals surface area (Å²) in [7, 11) is 0. The normalized spacial score (nSPS) is 28.3. The van der Waals surface area contributed by atoms with Crippen molar-refractivity contribution < 1.29 is 9.53 Å². The minimum Gasteiger partial charge on any atom is -0.449 e. The molecule has 0 saturated carbocycles. The number of hydrogen-bond donors (Lipinski definition) is 1. The summed E-state index contributed by atoms with van der Waals surface area (Å²) in [6.07, 6.45) is 3.16. The van der Waals surface area contributed by atoms with Gasteiger partial charge in [0.15, 0.2) is 0 Å². The lowest BCUT2D eigenvalue weighted by Crippen LogP contribution is -2.33. The van der Waals surface area contributed by atoms with Crippen molar-refractivity contribution in [1.29, 1.82) is 0 Å². The van der Waals surface area contributed by atoms with Crippen LogP contribution in [0, 0.1) is 11.3 Å². The largest absolute Gasteiger partial charge is 0.449 e. The van der Waals surface area contributed by atoms with Crippen LogP contribution in [0.25, 0.3) is 0 Å². The standard InChI is InChI=1S/C13H24N2O2/c1-11(2)3-8-17-12(16)15-7-5-13(10-15)4-6-14-9-13/h11,14H,3-10H2,1-2H3. The van der Waals surface area contributed by atoms with Crippen molar-refractivity contribution in [2.75, 3.05) is 32.8 Å². The molecule has 2 rings (SSSR count). The highest BCUT2D eigenvalue weighted by atomic mass is 16.6. The van der Waals surface area contributed by atoms with Gasteiger partial charge in [-0.2, -0.15) is 0 Å². The molecule has 2 saturated heterocycles.